The van der Waals surface area contributed by atoms with Gasteiger partial charge in [0.25, 0.3) is 0 Å². The molecule has 1 saturated heterocycles. The lowest BCUT2D eigenvalue weighted by Crippen LogP contribution is -2.49. The van der Waals surface area contributed by atoms with Gasteiger partial charge in [-0.1, -0.05) is 18.2 Å². The van der Waals surface area contributed by atoms with Crippen LogP contribution in [0.4, 0.5) is 5.69 Å². The van der Waals surface area contributed by atoms with Gasteiger partial charge in [0.2, 0.25) is 0 Å². The second kappa shape index (κ2) is 4.64. The van der Waals surface area contributed by atoms with Crippen LogP contribution in [0, 0.1) is 0 Å². The summed E-state index contributed by atoms with van der Waals surface area (Å²) in [5.74, 6) is 0. The molecule has 2 rings (SSSR count). The summed E-state index contributed by atoms with van der Waals surface area (Å²) >= 11 is 0. The van der Waals surface area contributed by atoms with Gasteiger partial charge in [-0.25, -0.2) is 0 Å². The van der Waals surface area contributed by atoms with Crippen molar-refractivity contribution in [1.82, 2.24) is 4.90 Å². The summed E-state index contributed by atoms with van der Waals surface area (Å²) in [4.78, 5) is 4.46. The van der Waals surface area contributed by atoms with E-state index in [-0.39, 0.29) is 6.23 Å². The SMILES string of the molecule is CC(O)N1CCN(c2ccccc2)CC1. The van der Waals surface area contributed by atoms with Gasteiger partial charge in [0.1, 0.15) is 6.23 Å². The highest BCUT2D eigenvalue weighted by molar-refractivity contribution is 5.46. The number of para-hydroxylation sites is 1. The number of anilines is 1. The van der Waals surface area contributed by atoms with Crippen LogP contribution in [0.15, 0.2) is 30.3 Å². The van der Waals surface area contributed by atoms with Crippen molar-refractivity contribution in [2.24, 2.45) is 0 Å². The molecule has 1 aliphatic heterocycles. The predicted molar refractivity (Wildman–Crippen MR) is 61.9 cm³/mol. The molecular formula is C12H18N2O. The van der Waals surface area contributed by atoms with E-state index in [0.29, 0.717) is 0 Å². The van der Waals surface area contributed by atoms with Crippen LogP contribution in [0.3, 0.4) is 0 Å². The highest BCUT2D eigenvalue weighted by Crippen LogP contribution is 2.15. The minimum absolute atomic E-state index is 0.317. The van der Waals surface area contributed by atoms with Gasteiger partial charge in [-0.3, -0.25) is 4.90 Å². The second-order valence-electron chi connectivity index (χ2n) is 3.99. The number of piperazine rings is 1. The first-order chi connectivity index (χ1) is 7.27. The Morgan fingerprint density at radius 3 is 2.20 bits per heavy atom. The van der Waals surface area contributed by atoms with Gasteiger partial charge in [-0.15, -0.1) is 0 Å². The molecular weight excluding hydrogens is 188 g/mol. The van der Waals surface area contributed by atoms with E-state index < -0.39 is 0 Å². The fourth-order valence-electron chi connectivity index (χ4n) is 1.99. The number of aliphatic hydroxyl groups is 1. The summed E-state index contributed by atoms with van der Waals surface area (Å²) in [6, 6.07) is 10.4. The number of nitrogens with zero attached hydrogens (tertiary/aromatic N) is 2. The molecule has 0 aliphatic carbocycles. The quantitative estimate of drug-likeness (QED) is 0.786. The maximum absolute atomic E-state index is 9.44. The highest BCUT2D eigenvalue weighted by Gasteiger charge is 2.19. The fourth-order valence-corrected chi connectivity index (χ4v) is 1.99. The van der Waals surface area contributed by atoms with Gasteiger partial charge < -0.3 is 10.0 Å². The van der Waals surface area contributed by atoms with E-state index in [9.17, 15) is 5.11 Å². The summed E-state index contributed by atoms with van der Waals surface area (Å²) in [5.41, 5.74) is 1.28. The molecule has 1 aromatic carbocycles. The minimum atomic E-state index is -0.317. The molecule has 82 valence electrons. The summed E-state index contributed by atoms with van der Waals surface area (Å²) in [7, 11) is 0. The third-order valence-corrected chi connectivity index (χ3v) is 2.96. The Morgan fingerprint density at radius 2 is 1.67 bits per heavy atom. The normalized spacial score (nSPS) is 20.3. The van der Waals surface area contributed by atoms with Crippen molar-refractivity contribution < 1.29 is 5.11 Å². The Labute approximate surface area is 90.9 Å². The monoisotopic (exact) mass is 206 g/mol. The van der Waals surface area contributed by atoms with Crippen LogP contribution < -0.4 is 4.90 Å². The van der Waals surface area contributed by atoms with E-state index in [0.717, 1.165) is 26.2 Å². The molecule has 15 heavy (non-hydrogen) atoms. The van der Waals surface area contributed by atoms with Gasteiger partial charge in [0.15, 0.2) is 0 Å². The summed E-state index contributed by atoms with van der Waals surface area (Å²) in [6.45, 7) is 5.70. The van der Waals surface area contributed by atoms with Crippen LogP contribution >= 0.6 is 0 Å². The van der Waals surface area contributed by atoms with E-state index in [2.05, 4.69) is 34.1 Å². The molecule has 1 heterocycles. The molecule has 1 N–H and O–H groups in total. The molecule has 0 bridgehead atoms. The van der Waals surface area contributed by atoms with Gasteiger partial charge >= 0.3 is 0 Å². The van der Waals surface area contributed by atoms with Gasteiger partial charge in [-0.2, -0.15) is 0 Å². The Morgan fingerprint density at radius 1 is 1.07 bits per heavy atom. The molecule has 1 fully saturated rings. The Bertz CT molecular complexity index is 292. The molecule has 3 heteroatoms. The topological polar surface area (TPSA) is 26.7 Å². The molecule has 0 spiro atoms. The first-order valence-corrected chi connectivity index (χ1v) is 5.49. The number of hydrogen-bond donors (Lipinski definition) is 1. The zero-order valence-corrected chi connectivity index (χ0v) is 9.13. The maximum atomic E-state index is 9.44. The Balaban J connectivity index is 1.94. The van der Waals surface area contributed by atoms with Crippen molar-refractivity contribution >= 4 is 5.69 Å². The first-order valence-electron chi connectivity index (χ1n) is 5.49. The zero-order valence-electron chi connectivity index (χ0n) is 9.13. The second-order valence-corrected chi connectivity index (χ2v) is 3.99. The molecule has 3 nitrogen and oxygen atoms in total. The van der Waals surface area contributed by atoms with Gasteiger partial charge in [0, 0.05) is 31.9 Å². The number of aliphatic hydroxyl groups excluding tert-OH is 1. The molecule has 1 aromatic rings. The fraction of sp³-hybridized carbons (Fsp3) is 0.500. The van der Waals surface area contributed by atoms with Gasteiger partial charge in [-0.05, 0) is 19.1 Å². The number of rotatable bonds is 2. The molecule has 0 saturated carbocycles. The van der Waals surface area contributed by atoms with Crippen molar-refractivity contribution in [3.05, 3.63) is 30.3 Å². The number of benzene rings is 1. The van der Waals surface area contributed by atoms with E-state index in [1.165, 1.54) is 5.69 Å². The first kappa shape index (κ1) is 10.5. The van der Waals surface area contributed by atoms with E-state index in [1.807, 2.05) is 13.0 Å². The van der Waals surface area contributed by atoms with E-state index >= 15 is 0 Å². The zero-order chi connectivity index (χ0) is 10.7. The molecule has 1 aliphatic rings. The Kier molecular flexibility index (Phi) is 3.23. The molecule has 1 atom stereocenters. The molecule has 0 amide bonds. The maximum Gasteiger partial charge on any atom is 0.104 e. The average Bonchev–Trinajstić information content (AvgIpc) is 2.30. The predicted octanol–water partition coefficient (Wildman–Crippen LogP) is 1.15. The van der Waals surface area contributed by atoms with Crippen molar-refractivity contribution in [3.63, 3.8) is 0 Å². The minimum Gasteiger partial charge on any atom is -0.379 e. The lowest BCUT2D eigenvalue weighted by Gasteiger charge is -2.37. The van der Waals surface area contributed by atoms with Crippen LogP contribution in [-0.4, -0.2) is 42.4 Å². The molecule has 0 radical (unpaired) electrons. The van der Waals surface area contributed by atoms with Gasteiger partial charge in [0.05, 0.1) is 0 Å². The van der Waals surface area contributed by atoms with Crippen LogP contribution in [0.2, 0.25) is 0 Å². The highest BCUT2D eigenvalue weighted by atomic mass is 16.3. The lowest BCUT2D eigenvalue weighted by atomic mass is 10.2. The molecule has 0 aromatic heterocycles. The van der Waals surface area contributed by atoms with Crippen molar-refractivity contribution in [1.29, 1.82) is 0 Å². The number of hydrogen-bond acceptors (Lipinski definition) is 3. The average molecular weight is 206 g/mol. The molecule has 1 unspecified atom stereocenters. The summed E-state index contributed by atoms with van der Waals surface area (Å²) in [6.07, 6.45) is -0.317. The summed E-state index contributed by atoms with van der Waals surface area (Å²) in [5, 5.41) is 9.44. The lowest BCUT2D eigenvalue weighted by molar-refractivity contribution is 0.0153. The Hall–Kier alpha value is -1.06. The van der Waals surface area contributed by atoms with Crippen LogP contribution in [-0.2, 0) is 0 Å². The van der Waals surface area contributed by atoms with Crippen LogP contribution in [0.25, 0.3) is 0 Å². The standard InChI is InChI=1S/C12H18N2O/c1-11(15)13-7-9-14(10-8-13)12-5-3-2-4-6-12/h2-6,11,15H,7-10H2,1H3. The van der Waals surface area contributed by atoms with Crippen molar-refractivity contribution in [2.45, 2.75) is 13.2 Å². The van der Waals surface area contributed by atoms with E-state index in [4.69, 9.17) is 0 Å². The van der Waals surface area contributed by atoms with Crippen LogP contribution in [0.5, 0.6) is 0 Å². The third kappa shape index (κ3) is 2.49. The van der Waals surface area contributed by atoms with Crippen molar-refractivity contribution in [2.75, 3.05) is 31.1 Å². The third-order valence-electron chi connectivity index (χ3n) is 2.96. The van der Waals surface area contributed by atoms with Crippen molar-refractivity contribution in [3.8, 4) is 0 Å². The largest absolute Gasteiger partial charge is 0.379 e. The van der Waals surface area contributed by atoms with E-state index in [1.54, 1.807) is 0 Å². The smallest absolute Gasteiger partial charge is 0.104 e. The van der Waals surface area contributed by atoms with Crippen LogP contribution in [0.1, 0.15) is 6.92 Å². The summed E-state index contributed by atoms with van der Waals surface area (Å²) < 4.78 is 0.